The van der Waals surface area contributed by atoms with Crippen LogP contribution >= 0.6 is 11.8 Å². The van der Waals surface area contributed by atoms with Crippen molar-refractivity contribution in [3.05, 3.63) is 29.8 Å². The van der Waals surface area contributed by atoms with Crippen molar-refractivity contribution < 1.29 is 14.4 Å². The maximum atomic E-state index is 13.0. The van der Waals surface area contributed by atoms with E-state index in [1.165, 1.54) is 4.90 Å². The van der Waals surface area contributed by atoms with Crippen LogP contribution in [0, 0.1) is 0 Å². The number of urea groups is 1. The zero-order valence-electron chi connectivity index (χ0n) is 16.2. The quantitative estimate of drug-likeness (QED) is 0.574. The maximum absolute atomic E-state index is 13.0. The molecule has 1 heterocycles. The lowest BCUT2D eigenvalue weighted by molar-refractivity contribution is -0.140. The molecule has 0 N–H and O–H groups in total. The highest BCUT2D eigenvalue weighted by Gasteiger charge is 2.55. The minimum absolute atomic E-state index is 0.191. The van der Waals surface area contributed by atoms with E-state index in [9.17, 15) is 14.4 Å². The van der Waals surface area contributed by atoms with Gasteiger partial charge in [0, 0.05) is 25.5 Å². The number of carbonyl (C=O) groups is 3. The Bertz CT molecular complexity index is 728. The number of likely N-dealkylation sites (N-methyl/N-ethyl adjacent to an activating group) is 2. The minimum atomic E-state index is -0.734. The molecule has 2 aliphatic rings. The van der Waals surface area contributed by atoms with Gasteiger partial charge in [-0.2, -0.15) is 0 Å². The Morgan fingerprint density at radius 2 is 1.78 bits per heavy atom. The van der Waals surface area contributed by atoms with Gasteiger partial charge in [0.25, 0.3) is 5.91 Å². The number of imide groups is 1. The van der Waals surface area contributed by atoms with E-state index in [2.05, 4.69) is 0 Å². The van der Waals surface area contributed by atoms with Gasteiger partial charge in [0.05, 0.1) is 0 Å². The van der Waals surface area contributed by atoms with Gasteiger partial charge in [0.1, 0.15) is 12.1 Å². The molecule has 7 heteroatoms. The molecule has 1 aromatic carbocycles. The summed E-state index contributed by atoms with van der Waals surface area (Å²) in [5, 5.41) is 0. The lowest BCUT2D eigenvalue weighted by Gasteiger charge is -2.35. The average molecular weight is 390 g/mol. The van der Waals surface area contributed by atoms with E-state index >= 15 is 0 Å². The first-order valence-electron chi connectivity index (χ1n) is 9.36. The third kappa shape index (κ3) is 3.70. The molecule has 4 amide bonds. The second-order valence-corrected chi connectivity index (χ2v) is 8.30. The normalized spacial score (nSPS) is 19.1. The predicted molar refractivity (Wildman–Crippen MR) is 105 cm³/mol. The van der Waals surface area contributed by atoms with E-state index in [1.807, 2.05) is 30.5 Å². The second-order valence-electron chi connectivity index (χ2n) is 7.42. The summed E-state index contributed by atoms with van der Waals surface area (Å²) in [4.78, 5) is 43.7. The van der Waals surface area contributed by atoms with Gasteiger partial charge < -0.3 is 9.80 Å². The summed E-state index contributed by atoms with van der Waals surface area (Å²) in [5.41, 5.74) is 0.283. The third-order valence-corrected chi connectivity index (χ3v) is 6.53. The molecule has 0 bridgehead atoms. The van der Waals surface area contributed by atoms with Crippen LogP contribution < -0.4 is 0 Å². The monoisotopic (exact) mass is 389 g/mol. The molecule has 1 saturated heterocycles. The summed E-state index contributed by atoms with van der Waals surface area (Å²) in [7, 11) is 3.39. The lowest BCUT2D eigenvalue weighted by Crippen LogP contribution is -2.49. The Labute approximate surface area is 164 Å². The molecule has 0 unspecified atom stereocenters. The first kappa shape index (κ1) is 19.7. The van der Waals surface area contributed by atoms with Crippen molar-refractivity contribution in [2.75, 3.05) is 26.9 Å². The minimum Gasteiger partial charge on any atom is -0.340 e. The Hall–Kier alpha value is -2.02. The molecule has 1 aromatic rings. The molecule has 27 heavy (non-hydrogen) atoms. The van der Waals surface area contributed by atoms with E-state index in [-0.39, 0.29) is 24.4 Å². The van der Waals surface area contributed by atoms with Crippen LogP contribution in [0.4, 0.5) is 4.79 Å². The fourth-order valence-electron chi connectivity index (χ4n) is 4.02. The molecule has 6 nitrogen and oxygen atoms in total. The molecule has 0 radical (unpaired) electrons. The maximum Gasteiger partial charge on any atom is 0.327 e. The molecular weight excluding hydrogens is 362 g/mol. The molecule has 1 spiro atoms. The van der Waals surface area contributed by atoms with E-state index in [4.69, 9.17) is 0 Å². The summed E-state index contributed by atoms with van der Waals surface area (Å²) in [6.07, 6.45) is 6.37. The number of carbonyl (C=O) groups excluding carboxylic acids is 3. The van der Waals surface area contributed by atoms with Crippen molar-refractivity contribution in [3.63, 3.8) is 0 Å². The zero-order chi connectivity index (χ0) is 19.6. The predicted octanol–water partition coefficient (Wildman–Crippen LogP) is 2.96. The number of nitrogens with zero attached hydrogens (tertiary/aromatic N) is 3. The number of thioether (sulfide) groups is 1. The van der Waals surface area contributed by atoms with Crippen molar-refractivity contribution >= 4 is 29.6 Å². The third-order valence-electron chi connectivity index (χ3n) is 5.78. The Morgan fingerprint density at radius 1 is 1.15 bits per heavy atom. The van der Waals surface area contributed by atoms with Crippen molar-refractivity contribution in [3.8, 4) is 0 Å². The van der Waals surface area contributed by atoms with Gasteiger partial charge in [-0.3, -0.25) is 14.5 Å². The topological polar surface area (TPSA) is 60.9 Å². The van der Waals surface area contributed by atoms with Gasteiger partial charge >= 0.3 is 6.03 Å². The second kappa shape index (κ2) is 7.92. The van der Waals surface area contributed by atoms with Gasteiger partial charge in [-0.1, -0.05) is 31.4 Å². The number of hydrogen-bond acceptors (Lipinski definition) is 4. The highest BCUT2D eigenvalue weighted by atomic mass is 32.2. The van der Waals surface area contributed by atoms with Crippen LogP contribution in [0.1, 0.15) is 37.7 Å². The van der Waals surface area contributed by atoms with Gasteiger partial charge in [-0.25, -0.2) is 4.79 Å². The van der Waals surface area contributed by atoms with Gasteiger partial charge in [-0.05, 0) is 36.8 Å². The fraction of sp³-hybridized carbons (Fsp3) is 0.550. The van der Waals surface area contributed by atoms with Crippen LogP contribution in [-0.4, -0.2) is 65.0 Å². The van der Waals surface area contributed by atoms with Crippen LogP contribution in [0.2, 0.25) is 0 Å². The standard InChI is InChI=1S/C20H27N3O3S/c1-21(13-15-7-9-16(27-3)10-8-15)17(24)14-23-18(25)20(22(2)19(23)26)11-5-4-6-12-20/h7-10H,4-6,11-14H2,1-3H3. The summed E-state index contributed by atoms with van der Waals surface area (Å²) in [5.74, 6) is -0.437. The Balaban J connectivity index is 1.65. The van der Waals surface area contributed by atoms with E-state index in [0.29, 0.717) is 19.4 Å². The number of amides is 4. The van der Waals surface area contributed by atoms with E-state index in [1.54, 1.807) is 35.7 Å². The Morgan fingerprint density at radius 3 is 2.37 bits per heavy atom. The van der Waals surface area contributed by atoms with Crippen molar-refractivity contribution in [1.82, 2.24) is 14.7 Å². The van der Waals surface area contributed by atoms with Crippen LogP contribution in [0.5, 0.6) is 0 Å². The van der Waals surface area contributed by atoms with Crippen molar-refractivity contribution in [1.29, 1.82) is 0 Å². The highest BCUT2D eigenvalue weighted by molar-refractivity contribution is 7.98. The largest absolute Gasteiger partial charge is 0.340 e. The molecule has 0 aromatic heterocycles. The van der Waals surface area contributed by atoms with Crippen LogP contribution in [0.25, 0.3) is 0 Å². The van der Waals surface area contributed by atoms with Gasteiger partial charge in [0.15, 0.2) is 0 Å². The molecule has 146 valence electrons. The SMILES string of the molecule is CSc1ccc(CN(C)C(=O)CN2C(=O)N(C)C3(CCCCC3)C2=O)cc1. The fourth-order valence-corrected chi connectivity index (χ4v) is 4.43. The molecule has 3 rings (SSSR count). The summed E-state index contributed by atoms with van der Waals surface area (Å²) < 4.78 is 0. The first-order valence-corrected chi connectivity index (χ1v) is 10.6. The molecule has 1 saturated carbocycles. The molecular formula is C20H27N3O3S. The highest BCUT2D eigenvalue weighted by Crippen LogP contribution is 2.39. The summed E-state index contributed by atoms with van der Waals surface area (Å²) in [6, 6.07) is 7.67. The number of benzene rings is 1. The first-order chi connectivity index (χ1) is 12.9. The molecule has 1 aliphatic heterocycles. The average Bonchev–Trinajstić information content (AvgIpc) is 2.85. The van der Waals surface area contributed by atoms with Crippen LogP contribution in [0.15, 0.2) is 29.2 Å². The smallest absolute Gasteiger partial charge is 0.327 e. The number of rotatable bonds is 5. The van der Waals surface area contributed by atoms with Crippen LogP contribution in [0.3, 0.4) is 0 Å². The lowest BCUT2D eigenvalue weighted by atomic mass is 9.81. The summed E-state index contributed by atoms with van der Waals surface area (Å²) >= 11 is 1.67. The Kier molecular flexibility index (Phi) is 5.79. The van der Waals surface area contributed by atoms with Crippen molar-refractivity contribution in [2.45, 2.75) is 49.1 Å². The van der Waals surface area contributed by atoms with Crippen molar-refractivity contribution in [2.24, 2.45) is 0 Å². The van der Waals surface area contributed by atoms with Crippen LogP contribution in [-0.2, 0) is 16.1 Å². The van der Waals surface area contributed by atoms with Gasteiger partial charge in [-0.15, -0.1) is 11.8 Å². The molecule has 1 aliphatic carbocycles. The van der Waals surface area contributed by atoms with E-state index < -0.39 is 5.54 Å². The number of hydrogen-bond donors (Lipinski definition) is 0. The zero-order valence-corrected chi connectivity index (χ0v) is 17.1. The molecule has 0 atom stereocenters. The summed E-state index contributed by atoms with van der Waals surface area (Å²) in [6.45, 7) is 0.258. The van der Waals surface area contributed by atoms with Gasteiger partial charge in [0.2, 0.25) is 5.91 Å². The molecule has 2 fully saturated rings. The van der Waals surface area contributed by atoms with E-state index in [0.717, 1.165) is 29.7 Å².